The van der Waals surface area contributed by atoms with Crippen LogP contribution in [0.25, 0.3) is 0 Å². The van der Waals surface area contributed by atoms with Crippen LogP contribution in [0, 0.1) is 17.0 Å². The zero-order chi connectivity index (χ0) is 21.5. The molecule has 30 heavy (non-hydrogen) atoms. The number of hydrogen-bond acceptors (Lipinski definition) is 6. The largest absolute Gasteiger partial charge is 0.459 e. The van der Waals surface area contributed by atoms with E-state index in [1.807, 2.05) is 6.92 Å². The van der Waals surface area contributed by atoms with E-state index in [1.54, 1.807) is 42.5 Å². The molecule has 0 saturated carbocycles. The summed E-state index contributed by atoms with van der Waals surface area (Å²) in [5.74, 6) is -0.497. The van der Waals surface area contributed by atoms with Gasteiger partial charge < -0.3 is 20.4 Å². The number of nitrogens with zero attached hydrogens (tertiary/aromatic N) is 1. The van der Waals surface area contributed by atoms with Gasteiger partial charge in [-0.05, 0) is 48.9 Å². The smallest absolute Gasteiger partial charge is 0.291 e. The van der Waals surface area contributed by atoms with Crippen molar-refractivity contribution in [3.63, 3.8) is 0 Å². The first-order valence-corrected chi connectivity index (χ1v) is 9.16. The highest BCUT2D eigenvalue weighted by molar-refractivity contribution is 6.03. The van der Waals surface area contributed by atoms with Crippen LogP contribution < -0.4 is 16.0 Å². The van der Waals surface area contributed by atoms with E-state index in [4.69, 9.17) is 4.42 Å². The Morgan fingerprint density at radius 1 is 1.03 bits per heavy atom. The zero-order valence-corrected chi connectivity index (χ0v) is 16.2. The van der Waals surface area contributed by atoms with Crippen molar-refractivity contribution < 1.29 is 18.9 Å². The van der Waals surface area contributed by atoms with Gasteiger partial charge in [0.15, 0.2) is 5.76 Å². The Balaban J connectivity index is 1.52. The number of amides is 2. The minimum atomic E-state index is -0.461. The van der Waals surface area contributed by atoms with Crippen LogP contribution in [0.3, 0.4) is 0 Å². The number of non-ortho nitro benzene ring substituents is 1. The Morgan fingerprint density at radius 2 is 1.80 bits per heavy atom. The van der Waals surface area contributed by atoms with Gasteiger partial charge in [-0.3, -0.25) is 19.7 Å². The third kappa shape index (κ3) is 5.22. The maximum absolute atomic E-state index is 12.4. The number of benzene rings is 2. The number of aryl methyl sites for hydroxylation is 1. The predicted molar refractivity (Wildman–Crippen MR) is 112 cm³/mol. The molecule has 3 rings (SSSR count). The minimum absolute atomic E-state index is 0.0168. The second-order valence-corrected chi connectivity index (χ2v) is 6.45. The Bertz CT molecular complexity index is 1050. The Morgan fingerprint density at radius 3 is 2.47 bits per heavy atom. The molecule has 0 spiro atoms. The van der Waals surface area contributed by atoms with Crippen LogP contribution in [0.15, 0.2) is 65.3 Å². The number of carbonyl (C=O) groups is 2. The van der Waals surface area contributed by atoms with E-state index in [0.29, 0.717) is 30.0 Å². The number of carbonyl (C=O) groups excluding carboxylic acids is 2. The summed E-state index contributed by atoms with van der Waals surface area (Å²) < 4.78 is 5.07. The molecule has 9 heteroatoms. The standard InChI is InChI=1S/C21H20N4O5/c1-14-4-5-15(13-18(14)24-21(27)19-3-2-12-30-19)20(26)23-11-10-22-16-6-8-17(9-7-16)25(28)29/h2-9,12-13,22H,10-11H2,1H3,(H,23,26)(H,24,27). The zero-order valence-electron chi connectivity index (χ0n) is 16.2. The maximum atomic E-state index is 12.4. The van der Waals surface area contributed by atoms with Gasteiger partial charge in [-0.1, -0.05) is 6.07 Å². The Kier molecular flexibility index (Phi) is 6.43. The van der Waals surface area contributed by atoms with E-state index in [9.17, 15) is 19.7 Å². The lowest BCUT2D eigenvalue weighted by molar-refractivity contribution is -0.384. The maximum Gasteiger partial charge on any atom is 0.291 e. The van der Waals surface area contributed by atoms with Crippen molar-refractivity contribution in [2.45, 2.75) is 6.92 Å². The molecule has 0 atom stereocenters. The molecule has 1 heterocycles. The molecule has 0 unspecified atom stereocenters. The molecular formula is C21H20N4O5. The van der Waals surface area contributed by atoms with Gasteiger partial charge in [-0.15, -0.1) is 0 Å². The van der Waals surface area contributed by atoms with Gasteiger partial charge >= 0.3 is 0 Å². The van der Waals surface area contributed by atoms with Gasteiger partial charge in [0, 0.05) is 42.2 Å². The van der Waals surface area contributed by atoms with Gasteiger partial charge in [0.2, 0.25) is 0 Å². The summed E-state index contributed by atoms with van der Waals surface area (Å²) in [7, 11) is 0. The first-order chi connectivity index (χ1) is 14.4. The molecule has 0 aliphatic heterocycles. The van der Waals surface area contributed by atoms with Crippen molar-refractivity contribution in [2.24, 2.45) is 0 Å². The van der Waals surface area contributed by atoms with Crippen LogP contribution >= 0.6 is 0 Å². The highest BCUT2D eigenvalue weighted by Gasteiger charge is 2.13. The Hall–Kier alpha value is -4.14. The molecule has 0 saturated heterocycles. The van der Waals surface area contributed by atoms with E-state index < -0.39 is 10.8 Å². The molecule has 2 amide bonds. The Labute approximate surface area is 172 Å². The number of hydrogen-bond donors (Lipinski definition) is 3. The highest BCUT2D eigenvalue weighted by Crippen LogP contribution is 2.18. The summed E-state index contributed by atoms with van der Waals surface area (Å²) in [5, 5.41) is 19.3. The summed E-state index contributed by atoms with van der Waals surface area (Å²) in [6.45, 7) is 2.61. The van der Waals surface area contributed by atoms with Crippen LogP contribution in [0.4, 0.5) is 17.1 Å². The van der Waals surface area contributed by atoms with Gasteiger partial charge in [-0.25, -0.2) is 0 Å². The average Bonchev–Trinajstić information content (AvgIpc) is 3.28. The van der Waals surface area contributed by atoms with E-state index in [1.165, 1.54) is 18.4 Å². The minimum Gasteiger partial charge on any atom is -0.459 e. The third-order valence-corrected chi connectivity index (χ3v) is 4.31. The first-order valence-electron chi connectivity index (χ1n) is 9.16. The number of nitro groups is 1. The fourth-order valence-electron chi connectivity index (χ4n) is 2.68. The molecule has 9 nitrogen and oxygen atoms in total. The first kappa shape index (κ1) is 20.6. The quantitative estimate of drug-likeness (QED) is 0.297. The summed E-state index contributed by atoms with van der Waals surface area (Å²) >= 11 is 0. The predicted octanol–water partition coefficient (Wildman–Crippen LogP) is 3.59. The second kappa shape index (κ2) is 9.37. The van der Waals surface area contributed by atoms with Gasteiger partial charge in [0.05, 0.1) is 11.2 Å². The number of nitrogens with one attached hydrogen (secondary N) is 3. The SMILES string of the molecule is Cc1ccc(C(=O)NCCNc2ccc([N+](=O)[O-])cc2)cc1NC(=O)c1ccco1. The molecular weight excluding hydrogens is 388 g/mol. The van der Waals surface area contributed by atoms with Crippen LogP contribution in [-0.2, 0) is 0 Å². The normalized spacial score (nSPS) is 10.3. The topological polar surface area (TPSA) is 127 Å². The summed E-state index contributed by atoms with van der Waals surface area (Å²) in [6.07, 6.45) is 1.41. The van der Waals surface area contributed by atoms with Crippen molar-refractivity contribution in [1.29, 1.82) is 0 Å². The van der Waals surface area contributed by atoms with Crippen LogP contribution in [0.1, 0.15) is 26.5 Å². The molecule has 3 aromatic rings. The van der Waals surface area contributed by atoms with Crippen molar-refractivity contribution >= 4 is 28.9 Å². The lowest BCUT2D eigenvalue weighted by atomic mass is 10.1. The molecule has 0 fully saturated rings. The van der Waals surface area contributed by atoms with Crippen molar-refractivity contribution in [1.82, 2.24) is 5.32 Å². The van der Waals surface area contributed by atoms with Gasteiger partial charge in [0.1, 0.15) is 0 Å². The lowest BCUT2D eigenvalue weighted by Crippen LogP contribution is -2.28. The monoisotopic (exact) mass is 408 g/mol. The average molecular weight is 408 g/mol. The lowest BCUT2D eigenvalue weighted by Gasteiger charge is -2.11. The van der Waals surface area contributed by atoms with Gasteiger partial charge in [0.25, 0.3) is 17.5 Å². The summed E-state index contributed by atoms with van der Waals surface area (Å²) in [5.41, 5.74) is 2.47. The number of anilines is 2. The second-order valence-electron chi connectivity index (χ2n) is 6.45. The van der Waals surface area contributed by atoms with Gasteiger partial charge in [-0.2, -0.15) is 0 Å². The molecule has 1 aromatic heterocycles. The van der Waals surface area contributed by atoms with Crippen molar-refractivity contribution in [3.8, 4) is 0 Å². The highest BCUT2D eigenvalue weighted by atomic mass is 16.6. The molecule has 3 N–H and O–H groups in total. The fraction of sp³-hybridized carbons (Fsp3) is 0.143. The van der Waals surface area contributed by atoms with Crippen molar-refractivity contribution in [3.05, 3.63) is 87.9 Å². The molecule has 2 aromatic carbocycles. The van der Waals surface area contributed by atoms with E-state index in [-0.39, 0.29) is 17.4 Å². The molecule has 0 bridgehead atoms. The van der Waals surface area contributed by atoms with Crippen LogP contribution in [0.2, 0.25) is 0 Å². The molecule has 0 aliphatic carbocycles. The fourth-order valence-corrected chi connectivity index (χ4v) is 2.68. The van der Waals surface area contributed by atoms with E-state index in [2.05, 4.69) is 16.0 Å². The summed E-state index contributed by atoms with van der Waals surface area (Å²) in [6, 6.07) is 14.2. The van der Waals surface area contributed by atoms with E-state index >= 15 is 0 Å². The van der Waals surface area contributed by atoms with Crippen LogP contribution in [0.5, 0.6) is 0 Å². The number of nitro benzene ring substituents is 1. The van der Waals surface area contributed by atoms with Crippen molar-refractivity contribution in [2.75, 3.05) is 23.7 Å². The molecule has 0 aliphatic rings. The number of furan rings is 1. The third-order valence-electron chi connectivity index (χ3n) is 4.31. The van der Waals surface area contributed by atoms with E-state index in [0.717, 1.165) is 5.56 Å². The number of rotatable bonds is 8. The summed E-state index contributed by atoms with van der Waals surface area (Å²) in [4.78, 5) is 34.8. The molecule has 0 radical (unpaired) electrons. The molecule has 154 valence electrons. The van der Waals surface area contributed by atoms with Crippen LogP contribution in [-0.4, -0.2) is 29.8 Å².